The molecule has 1 rings (SSSR count). The fourth-order valence-electron chi connectivity index (χ4n) is 1.99. The quantitative estimate of drug-likeness (QED) is 0.829. The number of amides is 2. The summed E-state index contributed by atoms with van der Waals surface area (Å²) in [6.07, 6.45) is 2.07. The molecular weight excluding hydrogens is 338 g/mol. The van der Waals surface area contributed by atoms with Gasteiger partial charge in [0.25, 0.3) is 0 Å². The van der Waals surface area contributed by atoms with Gasteiger partial charge in [-0.3, -0.25) is 4.98 Å². The number of rotatable bonds is 5. The Bertz CT molecular complexity index is 633. The lowest BCUT2D eigenvalue weighted by Crippen LogP contribution is -2.34. The van der Waals surface area contributed by atoms with Crippen molar-refractivity contribution >= 4 is 12.2 Å². The number of carbonyl (C=O) groups excluding carboxylic acids is 2. The fourth-order valence-corrected chi connectivity index (χ4v) is 1.99. The van der Waals surface area contributed by atoms with Crippen LogP contribution in [0.1, 0.15) is 52.7 Å². The van der Waals surface area contributed by atoms with E-state index in [2.05, 4.69) is 15.6 Å². The van der Waals surface area contributed by atoms with Gasteiger partial charge in [-0.1, -0.05) is 0 Å². The molecule has 0 saturated heterocycles. The van der Waals surface area contributed by atoms with Gasteiger partial charge in [0.15, 0.2) is 0 Å². The van der Waals surface area contributed by atoms with Crippen molar-refractivity contribution in [2.75, 3.05) is 7.11 Å². The minimum atomic E-state index is -0.590. The SMILES string of the molecule is COc1cncc(CNC(=O)OC(C)(C)C)c1CNC(=O)OC(C)(C)C. The third-order valence-corrected chi connectivity index (χ3v) is 2.96. The Morgan fingerprint density at radius 3 is 1.88 bits per heavy atom. The van der Waals surface area contributed by atoms with Gasteiger partial charge in [-0.2, -0.15) is 0 Å². The second kappa shape index (κ2) is 8.73. The number of ether oxygens (including phenoxy) is 3. The van der Waals surface area contributed by atoms with Crippen LogP contribution in [0.5, 0.6) is 5.75 Å². The van der Waals surface area contributed by atoms with E-state index >= 15 is 0 Å². The summed E-state index contributed by atoms with van der Waals surface area (Å²) in [5.41, 5.74) is 0.224. The number of pyridine rings is 1. The largest absolute Gasteiger partial charge is 0.495 e. The van der Waals surface area contributed by atoms with E-state index in [4.69, 9.17) is 14.2 Å². The van der Waals surface area contributed by atoms with Gasteiger partial charge < -0.3 is 24.8 Å². The summed E-state index contributed by atoms with van der Waals surface area (Å²) in [6.45, 7) is 11.1. The van der Waals surface area contributed by atoms with Gasteiger partial charge in [0.05, 0.1) is 19.9 Å². The van der Waals surface area contributed by atoms with E-state index in [9.17, 15) is 9.59 Å². The number of nitrogens with one attached hydrogen (secondary N) is 2. The molecule has 26 heavy (non-hydrogen) atoms. The Balaban J connectivity index is 2.81. The molecular formula is C18H29N3O5. The molecule has 0 aromatic carbocycles. The summed E-state index contributed by atoms with van der Waals surface area (Å²) in [5, 5.41) is 5.36. The summed E-state index contributed by atoms with van der Waals surface area (Å²) in [6, 6.07) is 0. The lowest BCUT2D eigenvalue weighted by Gasteiger charge is -2.21. The summed E-state index contributed by atoms with van der Waals surface area (Å²) in [5.74, 6) is 0.504. The average Bonchev–Trinajstić information content (AvgIpc) is 2.47. The normalized spacial score (nSPS) is 11.5. The first-order chi connectivity index (χ1) is 11.9. The molecule has 0 unspecified atom stereocenters. The van der Waals surface area contributed by atoms with Crippen molar-refractivity contribution in [2.24, 2.45) is 0 Å². The number of methoxy groups -OCH3 is 1. The lowest BCUT2D eigenvalue weighted by molar-refractivity contribution is 0.0508. The summed E-state index contributed by atoms with van der Waals surface area (Å²) in [7, 11) is 1.51. The number of alkyl carbamates (subject to hydrolysis) is 2. The second-order valence-electron chi connectivity index (χ2n) is 7.69. The Hall–Kier alpha value is -2.51. The van der Waals surface area contributed by atoms with E-state index in [-0.39, 0.29) is 13.1 Å². The fraction of sp³-hybridized carbons (Fsp3) is 0.611. The Kier molecular flexibility index (Phi) is 7.23. The molecule has 0 radical (unpaired) electrons. The highest BCUT2D eigenvalue weighted by atomic mass is 16.6. The van der Waals surface area contributed by atoms with E-state index < -0.39 is 23.4 Å². The van der Waals surface area contributed by atoms with Crippen LogP contribution >= 0.6 is 0 Å². The zero-order chi connectivity index (χ0) is 20.0. The van der Waals surface area contributed by atoms with E-state index in [1.54, 1.807) is 53.9 Å². The topological polar surface area (TPSA) is 98.8 Å². The minimum Gasteiger partial charge on any atom is -0.495 e. The van der Waals surface area contributed by atoms with Crippen molar-refractivity contribution in [1.29, 1.82) is 0 Å². The van der Waals surface area contributed by atoms with Gasteiger partial charge in [0, 0.05) is 18.3 Å². The molecule has 2 amide bonds. The average molecular weight is 367 g/mol. The van der Waals surface area contributed by atoms with Gasteiger partial charge in [0.1, 0.15) is 17.0 Å². The van der Waals surface area contributed by atoms with E-state index in [1.807, 2.05) is 0 Å². The molecule has 0 aliphatic heterocycles. The molecule has 1 aromatic rings. The number of aromatic nitrogens is 1. The zero-order valence-electron chi connectivity index (χ0n) is 16.6. The summed E-state index contributed by atoms with van der Waals surface area (Å²) in [4.78, 5) is 27.8. The van der Waals surface area contributed by atoms with Crippen LogP contribution in [0.2, 0.25) is 0 Å². The van der Waals surface area contributed by atoms with Crippen LogP contribution in [0.25, 0.3) is 0 Å². The van der Waals surface area contributed by atoms with Gasteiger partial charge in [-0.15, -0.1) is 0 Å². The first-order valence-corrected chi connectivity index (χ1v) is 8.35. The van der Waals surface area contributed by atoms with Crippen molar-refractivity contribution < 1.29 is 23.8 Å². The van der Waals surface area contributed by atoms with E-state index in [1.165, 1.54) is 7.11 Å². The highest BCUT2D eigenvalue weighted by molar-refractivity contribution is 5.68. The summed E-state index contributed by atoms with van der Waals surface area (Å²) >= 11 is 0. The zero-order valence-corrected chi connectivity index (χ0v) is 16.6. The van der Waals surface area contributed by atoms with Crippen molar-refractivity contribution in [2.45, 2.75) is 65.8 Å². The van der Waals surface area contributed by atoms with Crippen LogP contribution in [0.4, 0.5) is 9.59 Å². The van der Waals surface area contributed by atoms with Crippen molar-refractivity contribution in [3.63, 3.8) is 0 Å². The predicted octanol–water partition coefficient (Wildman–Crippen LogP) is 3.14. The molecule has 0 atom stereocenters. The Labute approximate surface area is 154 Å². The molecule has 1 aromatic heterocycles. The second-order valence-corrected chi connectivity index (χ2v) is 7.69. The number of nitrogens with zero attached hydrogens (tertiary/aromatic N) is 1. The van der Waals surface area contributed by atoms with E-state index in [0.29, 0.717) is 16.9 Å². The molecule has 0 fully saturated rings. The van der Waals surface area contributed by atoms with Crippen LogP contribution in [0, 0.1) is 0 Å². The highest BCUT2D eigenvalue weighted by Gasteiger charge is 2.19. The molecule has 8 heteroatoms. The monoisotopic (exact) mass is 367 g/mol. The molecule has 0 spiro atoms. The number of hydrogen-bond acceptors (Lipinski definition) is 6. The maximum absolute atomic E-state index is 11.9. The van der Waals surface area contributed by atoms with Gasteiger partial charge in [-0.05, 0) is 47.1 Å². The molecule has 8 nitrogen and oxygen atoms in total. The van der Waals surface area contributed by atoms with Crippen LogP contribution < -0.4 is 15.4 Å². The maximum Gasteiger partial charge on any atom is 0.407 e. The van der Waals surface area contributed by atoms with Crippen LogP contribution in [0.15, 0.2) is 12.4 Å². The first kappa shape index (κ1) is 21.5. The van der Waals surface area contributed by atoms with Gasteiger partial charge in [0.2, 0.25) is 0 Å². The molecule has 0 saturated carbocycles. The maximum atomic E-state index is 11.9. The Morgan fingerprint density at radius 1 is 0.923 bits per heavy atom. The van der Waals surface area contributed by atoms with E-state index in [0.717, 1.165) is 0 Å². The van der Waals surface area contributed by atoms with Crippen LogP contribution in [-0.4, -0.2) is 35.5 Å². The predicted molar refractivity (Wildman–Crippen MR) is 96.9 cm³/mol. The van der Waals surface area contributed by atoms with Gasteiger partial charge >= 0.3 is 12.2 Å². The Morgan fingerprint density at radius 2 is 1.42 bits per heavy atom. The third kappa shape index (κ3) is 8.04. The highest BCUT2D eigenvalue weighted by Crippen LogP contribution is 2.21. The lowest BCUT2D eigenvalue weighted by atomic mass is 10.1. The van der Waals surface area contributed by atoms with Crippen LogP contribution in [0.3, 0.4) is 0 Å². The summed E-state index contributed by atoms with van der Waals surface area (Å²) < 4.78 is 15.8. The van der Waals surface area contributed by atoms with Crippen molar-refractivity contribution in [3.05, 3.63) is 23.5 Å². The number of carbonyl (C=O) groups is 2. The third-order valence-electron chi connectivity index (χ3n) is 2.96. The molecule has 2 N–H and O–H groups in total. The molecule has 0 aliphatic carbocycles. The standard InChI is InChI=1S/C18H29N3O5/c1-17(2,3)25-15(22)20-9-12-8-19-11-14(24-7)13(12)10-21-16(23)26-18(4,5)6/h8,11H,9-10H2,1-7H3,(H,20,22)(H,21,23). The van der Waals surface area contributed by atoms with Gasteiger partial charge in [-0.25, -0.2) is 9.59 Å². The molecule has 1 heterocycles. The first-order valence-electron chi connectivity index (χ1n) is 8.35. The van der Waals surface area contributed by atoms with Crippen LogP contribution in [-0.2, 0) is 22.6 Å². The minimum absolute atomic E-state index is 0.173. The smallest absolute Gasteiger partial charge is 0.407 e. The molecule has 0 aliphatic rings. The van der Waals surface area contributed by atoms with Crippen molar-refractivity contribution in [3.8, 4) is 5.75 Å². The molecule has 146 valence electrons. The van der Waals surface area contributed by atoms with Crippen molar-refractivity contribution in [1.82, 2.24) is 15.6 Å². The number of hydrogen-bond donors (Lipinski definition) is 2. The molecule has 0 bridgehead atoms.